The van der Waals surface area contributed by atoms with E-state index in [1.54, 1.807) is 26.0 Å². The molecule has 0 radical (unpaired) electrons. The maximum Gasteiger partial charge on any atom is 0.338 e. The first-order valence-corrected chi connectivity index (χ1v) is 10.3. The molecule has 2 aromatic rings. The van der Waals surface area contributed by atoms with Crippen molar-refractivity contribution in [1.82, 2.24) is 0 Å². The number of hydrogen-bond donors (Lipinski definition) is 0. The summed E-state index contributed by atoms with van der Waals surface area (Å²) in [5.41, 5.74) is 1.39. The van der Waals surface area contributed by atoms with Gasteiger partial charge in [-0.15, -0.1) is 6.58 Å². The Bertz CT molecular complexity index is 988. The van der Waals surface area contributed by atoms with E-state index in [4.69, 9.17) is 21.1 Å². The predicted octanol–water partition coefficient (Wildman–Crippen LogP) is 4.22. The van der Waals surface area contributed by atoms with E-state index in [1.165, 1.54) is 41.8 Å². The van der Waals surface area contributed by atoms with Crippen molar-refractivity contribution < 1.29 is 22.7 Å². The zero-order valence-electron chi connectivity index (χ0n) is 15.9. The lowest BCUT2D eigenvalue weighted by Gasteiger charge is -2.25. The average Bonchev–Trinajstić information content (AvgIpc) is 2.66. The summed E-state index contributed by atoms with van der Waals surface area (Å²) < 4.78 is 37.7. The Kier molecular flexibility index (Phi) is 7.10. The molecule has 0 heterocycles. The van der Waals surface area contributed by atoms with Gasteiger partial charge in [0, 0.05) is 0 Å². The van der Waals surface area contributed by atoms with Crippen molar-refractivity contribution in [2.45, 2.75) is 18.7 Å². The molecule has 0 unspecified atom stereocenters. The van der Waals surface area contributed by atoms with E-state index >= 15 is 0 Å². The summed E-state index contributed by atoms with van der Waals surface area (Å²) in [4.78, 5) is 11.9. The third-order valence-corrected chi connectivity index (χ3v) is 6.05. The molecule has 0 atom stereocenters. The molecule has 0 amide bonds. The minimum atomic E-state index is -3.92. The zero-order chi connectivity index (χ0) is 20.9. The minimum Gasteiger partial charge on any atom is -0.495 e. The van der Waals surface area contributed by atoms with E-state index in [0.717, 1.165) is 0 Å². The van der Waals surface area contributed by atoms with Crippen LogP contribution in [0.4, 0.5) is 5.69 Å². The monoisotopic (exact) mass is 423 g/mol. The number of sulfonamides is 1. The summed E-state index contributed by atoms with van der Waals surface area (Å²) in [6.07, 6.45) is 1.49. The molecule has 2 aromatic carbocycles. The fourth-order valence-electron chi connectivity index (χ4n) is 2.65. The number of rotatable bonds is 8. The van der Waals surface area contributed by atoms with Crippen LogP contribution in [0.2, 0.25) is 5.02 Å². The second kappa shape index (κ2) is 9.12. The van der Waals surface area contributed by atoms with E-state index < -0.39 is 16.0 Å². The summed E-state index contributed by atoms with van der Waals surface area (Å²) in [5, 5.41) is 0.191. The Morgan fingerprint density at radius 2 is 1.96 bits per heavy atom. The van der Waals surface area contributed by atoms with E-state index in [1.807, 2.05) is 0 Å². The van der Waals surface area contributed by atoms with Crippen molar-refractivity contribution >= 4 is 33.3 Å². The van der Waals surface area contributed by atoms with Crippen LogP contribution in [0, 0.1) is 6.92 Å². The number of benzene rings is 2. The van der Waals surface area contributed by atoms with Crippen LogP contribution >= 0.6 is 11.6 Å². The van der Waals surface area contributed by atoms with Crippen molar-refractivity contribution in [2.75, 3.05) is 24.6 Å². The molecule has 150 valence electrons. The fraction of sp³-hybridized carbons (Fsp3) is 0.250. The van der Waals surface area contributed by atoms with Crippen molar-refractivity contribution in [3.8, 4) is 5.75 Å². The summed E-state index contributed by atoms with van der Waals surface area (Å²) in [5.74, 6) is -0.0805. The van der Waals surface area contributed by atoms with Crippen LogP contribution in [0.5, 0.6) is 5.75 Å². The highest BCUT2D eigenvalue weighted by atomic mass is 35.5. The number of ether oxygens (including phenoxy) is 2. The average molecular weight is 424 g/mol. The number of hydrogen-bond acceptors (Lipinski definition) is 5. The highest BCUT2D eigenvalue weighted by Crippen LogP contribution is 2.32. The molecule has 0 aromatic heterocycles. The lowest BCUT2D eigenvalue weighted by molar-refractivity contribution is 0.0526. The summed E-state index contributed by atoms with van der Waals surface area (Å²) in [6.45, 7) is 7.40. The second-order valence-corrected chi connectivity index (χ2v) is 8.11. The largest absolute Gasteiger partial charge is 0.495 e. The third kappa shape index (κ3) is 4.48. The van der Waals surface area contributed by atoms with Gasteiger partial charge < -0.3 is 9.47 Å². The molecular weight excluding hydrogens is 402 g/mol. The molecule has 0 aliphatic carbocycles. The maximum atomic E-state index is 13.2. The lowest BCUT2D eigenvalue weighted by Crippen LogP contribution is -2.32. The van der Waals surface area contributed by atoms with Gasteiger partial charge in [-0.05, 0) is 55.8 Å². The minimum absolute atomic E-state index is 0.0222. The quantitative estimate of drug-likeness (QED) is 0.469. The smallest absolute Gasteiger partial charge is 0.338 e. The van der Waals surface area contributed by atoms with Gasteiger partial charge in [-0.3, -0.25) is 4.31 Å². The Morgan fingerprint density at radius 1 is 1.25 bits per heavy atom. The number of halogens is 1. The van der Waals surface area contributed by atoms with Gasteiger partial charge in [0.2, 0.25) is 0 Å². The number of anilines is 1. The topological polar surface area (TPSA) is 72.9 Å². The van der Waals surface area contributed by atoms with Gasteiger partial charge in [0.25, 0.3) is 10.0 Å². The first-order chi connectivity index (χ1) is 13.3. The zero-order valence-corrected chi connectivity index (χ0v) is 17.5. The molecule has 0 aliphatic heterocycles. The molecule has 0 fully saturated rings. The first kappa shape index (κ1) is 21.8. The van der Waals surface area contributed by atoms with Crippen LogP contribution < -0.4 is 9.04 Å². The van der Waals surface area contributed by atoms with Gasteiger partial charge in [0.1, 0.15) is 5.75 Å². The summed E-state index contributed by atoms with van der Waals surface area (Å²) in [7, 11) is -2.47. The Balaban J connectivity index is 2.51. The van der Waals surface area contributed by atoms with Crippen molar-refractivity contribution in [1.29, 1.82) is 0 Å². The van der Waals surface area contributed by atoms with Crippen LogP contribution in [0.1, 0.15) is 22.8 Å². The third-order valence-electron chi connectivity index (χ3n) is 3.98. The Labute approximate surface area is 170 Å². The molecular formula is C20H22ClNO5S. The molecule has 0 bridgehead atoms. The molecule has 2 rings (SSSR count). The van der Waals surface area contributed by atoms with Gasteiger partial charge in [0.05, 0.1) is 41.4 Å². The molecule has 0 saturated carbocycles. The van der Waals surface area contributed by atoms with Crippen LogP contribution in [0.3, 0.4) is 0 Å². The highest BCUT2D eigenvalue weighted by Gasteiger charge is 2.26. The van der Waals surface area contributed by atoms with Gasteiger partial charge in [-0.1, -0.05) is 17.7 Å². The first-order valence-electron chi connectivity index (χ1n) is 8.51. The van der Waals surface area contributed by atoms with E-state index in [0.29, 0.717) is 22.6 Å². The second-order valence-electron chi connectivity index (χ2n) is 5.84. The molecule has 6 nitrogen and oxygen atoms in total. The number of carbonyl (C=O) groups excluding carboxylic acids is 1. The van der Waals surface area contributed by atoms with Gasteiger partial charge in [-0.2, -0.15) is 0 Å². The molecule has 8 heteroatoms. The van der Waals surface area contributed by atoms with E-state index in [-0.39, 0.29) is 23.1 Å². The molecule has 28 heavy (non-hydrogen) atoms. The molecule has 0 N–H and O–H groups in total. The number of methoxy groups -OCH3 is 1. The van der Waals surface area contributed by atoms with E-state index in [9.17, 15) is 13.2 Å². The SMILES string of the molecule is C=CCN(c1ccc(C(=O)OCC)cc1C)S(=O)(=O)c1ccc(OC)c(Cl)c1. The van der Waals surface area contributed by atoms with Gasteiger partial charge >= 0.3 is 5.97 Å². The number of nitrogens with zero attached hydrogens (tertiary/aromatic N) is 1. The maximum absolute atomic E-state index is 13.2. The number of carbonyl (C=O) groups is 1. The fourth-order valence-corrected chi connectivity index (χ4v) is 4.50. The normalized spacial score (nSPS) is 11.0. The summed E-state index contributed by atoms with van der Waals surface area (Å²) in [6, 6.07) is 8.98. The molecule has 0 aliphatic rings. The Morgan fingerprint density at radius 3 is 2.50 bits per heavy atom. The molecule has 0 saturated heterocycles. The number of esters is 1. The summed E-state index contributed by atoms with van der Waals surface area (Å²) >= 11 is 6.10. The van der Waals surface area contributed by atoms with Crippen LogP contribution in [0.15, 0.2) is 53.9 Å². The van der Waals surface area contributed by atoms with E-state index in [2.05, 4.69) is 6.58 Å². The highest BCUT2D eigenvalue weighted by molar-refractivity contribution is 7.92. The lowest BCUT2D eigenvalue weighted by atomic mass is 10.1. The van der Waals surface area contributed by atoms with Gasteiger partial charge in [-0.25, -0.2) is 13.2 Å². The van der Waals surface area contributed by atoms with Crippen LogP contribution in [-0.2, 0) is 14.8 Å². The van der Waals surface area contributed by atoms with Gasteiger partial charge in [0.15, 0.2) is 0 Å². The van der Waals surface area contributed by atoms with Crippen LogP contribution in [-0.4, -0.2) is 34.6 Å². The predicted molar refractivity (Wildman–Crippen MR) is 110 cm³/mol. The Hall–Kier alpha value is -2.51. The van der Waals surface area contributed by atoms with Crippen molar-refractivity contribution in [3.05, 3.63) is 65.2 Å². The van der Waals surface area contributed by atoms with Crippen molar-refractivity contribution in [3.63, 3.8) is 0 Å². The van der Waals surface area contributed by atoms with Crippen LogP contribution in [0.25, 0.3) is 0 Å². The number of aryl methyl sites for hydroxylation is 1. The standard InChI is InChI=1S/C20H22ClNO5S/c1-5-11-22(18-9-7-15(12-14(18)3)20(23)27-6-2)28(24,25)16-8-10-19(26-4)17(21)13-16/h5,7-10,12-13H,1,6,11H2,2-4H3. The molecule has 0 spiro atoms. The van der Waals surface area contributed by atoms with Crippen molar-refractivity contribution in [2.24, 2.45) is 0 Å².